The van der Waals surface area contributed by atoms with E-state index in [1.807, 2.05) is 39.8 Å². The molecule has 1 heterocycles. The van der Waals surface area contributed by atoms with Crippen LogP contribution >= 0.6 is 0 Å². The highest BCUT2D eigenvalue weighted by Crippen LogP contribution is 2.40. The van der Waals surface area contributed by atoms with Gasteiger partial charge >= 0.3 is 6.09 Å². The lowest BCUT2D eigenvalue weighted by atomic mass is 10.0. The van der Waals surface area contributed by atoms with Crippen LogP contribution < -0.4 is 14.2 Å². The summed E-state index contributed by atoms with van der Waals surface area (Å²) in [6.07, 6.45) is 3.48. The first-order valence-corrected chi connectivity index (χ1v) is 7.47. The molecule has 0 saturated heterocycles. The third-order valence-electron chi connectivity index (χ3n) is 3.56. The summed E-state index contributed by atoms with van der Waals surface area (Å²) >= 11 is 0. The molecule has 5 nitrogen and oxygen atoms in total. The normalized spacial score (nSPS) is 14.8. The van der Waals surface area contributed by atoms with Gasteiger partial charge in [0.05, 0.1) is 12.7 Å². The number of benzene rings is 1. The Labute approximate surface area is 131 Å². The standard InChI is InChI=1S/C17H23NO4/c1-6-18(7-2)16(19)21-14-10-12(20-5)11-15-13(14)8-9-17(3,4)22-15/h8-11H,6-7H2,1-5H3. The predicted molar refractivity (Wildman–Crippen MR) is 85.7 cm³/mol. The second-order valence-electron chi connectivity index (χ2n) is 5.62. The van der Waals surface area contributed by atoms with Crippen molar-refractivity contribution in [2.24, 2.45) is 0 Å². The van der Waals surface area contributed by atoms with Gasteiger partial charge < -0.3 is 19.1 Å². The van der Waals surface area contributed by atoms with Gasteiger partial charge in [0.2, 0.25) is 0 Å². The maximum atomic E-state index is 12.2. The average molecular weight is 305 g/mol. The zero-order valence-corrected chi connectivity index (χ0v) is 13.8. The minimum atomic E-state index is -0.403. The van der Waals surface area contributed by atoms with E-state index < -0.39 is 5.60 Å². The molecular weight excluding hydrogens is 282 g/mol. The molecule has 0 aliphatic carbocycles. The molecular formula is C17H23NO4. The Hall–Kier alpha value is -2.17. The number of nitrogens with zero attached hydrogens (tertiary/aromatic N) is 1. The van der Waals surface area contributed by atoms with Crippen LogP contribution in [-0.2, 0) is 0 Å². The molecule has 0 N–H and O–H groups in total. The van der Waals surface area contributed by atoms with Crippen molar-refractivity contribution in [2.45, 2.75) is 33.3 Å². The molecule has 120 valence electrons. The molecule has 1 amide bonds. The van der Waals surface area contributed by atoms with Gasteiger partial charge in [0, 0.05) is 25.2 Å². The van der Waals surface area contributed by atoms with Crippen LogP contribution in [0.5, 0.6) is 17.2 Å². The molecule has 0 atom stereocenters. The SMILES string of the molecule is CCN(CC)C(=O)Oc1cc(OC)cc2c1C=CC(C)(C)O2. The monoisotopic (exact) mass is 305 g/mol. The number of hydrogen-bond acceptors (Lipinski definition) is 4. The molecule has 1 aliphatic heterocycles. The number of hydrogen-bond donors (Lipinski definition) is 0. The van der Waals surface area contributed by atoms with Crippen molar-refractivity contribution in [1.29, 1.82) is 0 Å². The Bertz CT molecular complexity index is 589. The minimum Gasteiger partial charge on any atom is -0.496 e. The molecule has 0 saturated carbocycles. The largest absolute Gasteiger partial charge is 0.496 e. The fourth-order valence-corrected chi connectivity index (χ4v) is 2.27. The third-order valence-corrected chi connectivity index (χ3v) is 3.56. The summed E-state index contributed by atoms with van der Waals surface area (Å²) in [5.74, 6) is 1.68. The minimum absolute atomic E-state index is 0.376. The lowest BCUT2D eigenvalue weighted by molar-refractivity contribution is 0.151. The summed E-state index contributed by atoms with van der Waals surface area (Å²) in [6.45, 7) is 8.96. The van der Waals surface area contributed by atoms with E-state index in [9.17, 15) is 4.79 Å². The van der Waals surface area contributed by atoms with Gasteiger partial charge in [-0.25, -0.2) is 4.79 Å². The van der Waals surface area contributed by atoms with Crippen LogP contribution in [-0.4, -0.2) is 36.8 Å². The van der Waals surface area contributed by atoms with E-state index in [4.69, 9.17) is 14.2 Å². The van der Waals surface area contributed by atoms with Gasteiger partial charge in [0.1, 0.15) is 22.8 Å². The topological polar surface area (TPSA) is 48.0 Å². The molecule has 0 aromatic heterocycles. The van der Waals surface area contributed by atoms with E-state index in [0.717, 1.165) is 5.56 Å². The Morgan fingerprint density at radius 1 is 1.27 bits per heavy atom. The summed E-state index contributed by atoms with van der Waals surface area (Å²) in [4.78, 5) is 13.8. The van der Waals surface area contributed by atoms with Crippen molar-refractivity contribution in [3.8, 4) is 17.2 Å². The Morgan fingerprint density at radius 2 is 1.95 bits per heavy atom. The molecule has 5 heteroatoms. The number of ether oxygens (including phenoxy) is 3. The molecule has 0 spiro atoms. The van der Waals surface area contributed by atoms with Crippen LogP contribution in [0.2, 0.25) is 0 Å². The molecule has 0 bridgehead atoms. The van der Waals surface area contributed by atoms with Crippen LogP contribution in [0.1, 0.15) is 33.3 Å². The quantitative estimate of drug-likeness (QED) is 0.850. The van der Waals surface area contributed by atoms with Gasteiger partial charge in [-0.15, -0.1) is 0 Å². The van der Waals surface area contributed by atoms with Gasteiger partial charge in [-0.2, -0.15) is 0 Å². The molecule has 0 radical (unpaired) electrons. The maximum absolute atomic E-state index is 12.2. The molecule has 0 fully saturated rings. The van der Waals surface area contributed by atoms with Crippen LogP contribution in [0.4, 0.5) is 4.79 Å². The lowest BCUT2D eigenvalue weighted by Gasteiger charge is -2.29. The van der Waals surface area contributed by atoms with E-state index in [1.54, 1.807) is 24.1 Å². The molecule has 2 rings (SSSR count). The van der Waals surface area contributed by atoms with Crippen molar-refractivity contribution in [2.75, 3.05) is 20.2 Å². The Balaban J connectivity index is 2.37. The number of fused-ring (bicyclic) bond motifs is 1. The smallest absolute Gasteiger partial charge is 0.415 e. The van der Waals surface area contributed by atoms with Crippen molar-refractivity contribution < 1.29 is 19.0 Å². The zero-order chi connectivity index (χ0) is 16.3. The van der Waals surface area contributed by atoms with Gasteiger partial charge in [-0.3, -0.25) is 0 Å². The number of amides is 1. The summed E-state index contributed by atoms with van der Waals surface area (Å²) in [5.41, 5.74) is 0.347. The fraction of sp³-hybridized carbons (Fsp3) is 0.471. The highest BCUT2D eigenvalue weighted by Gasteiger charge is 2.26. The first kappa shape index (κ1) is 16.2. The first-order valence-electron chi connectivity index (χ1n) is 7.47. The van der Waals surface area contributed by atoms with Crippen LogP contribution in [0.15, 0.2) is 18.2 Å². The van der Waals surface area contributed by atoms with Gasteiger partial charge in [0.15, 0.2) is 0 Å². The fourth-order valence-electron chi connectivity index (χ4n) is 2.27. The molecule has 1 aliphatic rings. The van der Waals surface area contributed by atoms with Crippen molar-refractivity contribution in [3.63, 3.8) is 0 Å². The summed E-state index contributed by atoms with van der Waals surface area (Å²) in [6, 6.07) is 3.50. The summed E-state index contributed by atoms with van der Waals surface area (Å²) in [5, 5.41) is 0. The van der Waals surface area contributed by atoms with E-state index in [2.05, 4.69) is 0 Å². The van der Waals surface area contributed by atoms with Gasteiger partial charge in [-0.05, 0) is 39.8 Å². The molecule has 1 aromatic rings. The van der Waals surface area contributed by atoms with Gasteiger partial charge in [-0.1, -0.05) is 0 Å². The van der Waals surface area contributed by atoms with Crippen molar-refractivity contribution in [3.05, 3.63) is 23.8 Å². The summed E-state index contributed by atoms with van der Waals surface area (Å²) < 4.78 is 16.7. The van der Waals surface area contributed by atoms with E-state index >= 15 is 0 Å². The first-order chi connectivity index (χ1) is 10.4. The van der Waals surface area contributed by atoms with E-state index in [0.29, 0.717) is 30.3 Å². The Kier molecular flexibility index (Phi) is 4.64. The highest BCUT2D eigenvalue weighted by molar-refractivity contribution is 5.76. The maximum Gasteiger partial charge on any atom is 0.415 e. The molecule has 22 heavy (non-hydrogen) atoms. The van der Waals surface area contributed by atoms with Gasteiger partial charge in [0.25, 0.3) is 0 Å². The third kappa shape index (κ3) is 3.35. The second kappa shape index (κ2) is 6.30. The zero-order valence-electron chi connectivity index (χ0n) is 13.8. The Morgan fingerprint density at radius 3 is 2.55 bits per heavy atom. The molecule has 1 aromatic carbocycles. The van der Waals surface area contributed by atoms with E-state index in [1.165, 1.54) is 0 Å². The predicted octanol–water partition coefficient (Wildman–Crippen LogP) is 3.72. The number of methoxy groups -OCH3 is 1. The van der Waals surface area contributed by atoms with Crippen LogP contribution in [0.25, 0.3) is 6.08 Å². The highest BCUT2D eigenvalue weighted by atomic mass is 16.6. The van der Waals surface area contributed by atoms with Crippen LogP contribution in [0.3, 0.4) is 0 Å². The van der Waals surface area contributed by atoms with Crippen molar-refractivity contribution in [1.82, 2.24) is 4.90 Å². The second-order valence-corrected chi connectivity index (χ2v) is 5.62. The van der Waals surface area contributed by atoms with Crippen molar-refractivity contribution >= 4 is 12.2 Å². The average Bonchev–Trinajstić information content (AvgIpc) is 2.46. The summed E-state index contributed by atoms with van der Waals surface area (Å²) in [7, 11) is 1.57. The lowest BCUT2D eigenvalue weighted by Crippen LogP contribution is -2.33. The molecule has 0 unspecified atom stereocenters. The van der Waals surface area contributed by atoms with E-state index in [-0.39, 0.29) is 6.09 Å². The number of carbonyl (C=O) groups is 1. The number of rotatable bonds is 4. The van der Waals surface area contributed by atoms with Crippen LogP contribution in [0, 0.1) is 0 Å². The number of carbonyl (C=O) groups excluding carboxylic acids is 1.